The lowest BCUT2D eigenvalue weighted by Gasteiger charge is -2.09. The summed E-state index contributed by atoms with van der Waals surface area (Å²) in [6, 6.07) is 0. The first kappa shape index (κ1) is 12.0. The topological polar surface area (TPSA) is 62.7 Å². The molecule has 2 N–H and O–H groups in total. The Labute approximate surface area is 95.5 Å². The van der Waals surface area contributed by atoms with Gasteiger partial charge in [-0.1, -0.05) is 0 Å². The molecule has 0 aliphatic heterocycles. The Morgan fingerprint density at radius 1 is 1.07 bits per heavy atom. The summed E-state index contributed by atoms with van der Waals surface area (Å²) in [5, 5.41) is 6.13. The van der Waals surface area contributed by atoms with Crippen LogP contribution in [0.2, 0.25) is 0 Å². The molecule has 1 heterocycles. The first-order valence-electron chi connectivity index (χ1n) is 5.09. The minimum Gasteiger partial charge on any atom is -0.354 e. The quantitative estimate of drug-likeness (QED) is 0.669. The number of rotatable bonds is 5. The molecule has 15 heavy (non-hydrogen) atoms. The summed E-state index contributed by atoms with van der Waals surface area (Å²) in [6.07, 6.45) is 0. The standard InChI is InChI=1S/C9H17N5S/c1-4-10-8-12-7(6(3)15)13-9(14-8)11-5-2/h6,15H,4-5H2,1-3H3,(H2,10,11,12,13,14). The highest BCUT2D eigenvalue weighted by Crippen LogP contribution is 2.16. The lowest BCUT2D eigenvalue weighted by molar-refractivity contribution is 0.881. The van der Waals surface area contributed by atoms with E-state index in [1.165, 1.54) is 0 Å². The van der Waals surface area contributed by atoms with Crippen LogP contribution in [-0.2, 0) is 0 Å². The number of hydrogen-bond donors (Lipinski definition) is 3. The second-order valence-corrected chi connectivity index (χ2v) is 3.85. The smallest absolute Gasteiger partial charge is 0.227 e. The van der Waals surface area contributed by atoms with E-state index in [-0.39, 0.29) is 5.25 Å². The molecule has 0 amide bonds. The summed E-state index contributed by atoms with van der Waals surface area (Å²) in [6.45, 7) is 7.51. The molecule has 1 rings (SSSR count). The van der Waals surface area contributed by atoms with Gasteiger partial charge in [-0.25, -0.2) is 0 Å². The lowest BCUT2D eigenvalue weighted by atomic mass is 10.4. The highest BCUT2D eigenvalue weighted by atomic mass is 32.1. The molecular formula is C9H17N5S. The van der Waals surface area contributed by atoms with Gasteiger partial charge in [0.05, 0.1) is 5.25 Å². The molecule has 84 valence electrons. The normalized spacial score (nSPS) is 12.3. The van der Waals surface area contributed by atoms with Crippen molar-refractivity contribution in [2.45, 2.75) is 26.0 Å². The van der Waals surface area contributed by atoms with Gasteiger partial charge in [-0.3, -0.25) is 0 Å². The molecule has 1 atom stereocenters. The van der Waals surface area contributed by atoms with Crippen molar-refractivity contribution in [3.05, 3.63) is 5.82 Å². The second-order valence-electron chi connectivity index (χ2n) is 3.08. The van der Waals surface area contributed by atoms with Gasteiger partial charge in [-0.15, -0.1) is 0 Å². The van der Waals surface area contributed by atoms with Crippen molar-refractivity contribution in [1.82, 2.24) is 15.0 Å². The molecule has 0 aromatic carbocycles. The SMILES string of the molecule is CCNc1nc(NCC)nc(C(C)S)n1. The van der Waals surface area contributed by atoms with Crippen LogP contribution >= 0.6 is 12.6 Å². The predicted molar refractivity (Wildman–Crippen MR) is 65.6 cm³/mol. The van der Waals surface area contributed by atoms with Crippen LogP contribution in [0.25, 0.3) is 0 Å². The van der Waals surface area contributed by atoms with Gasteiger partial charge in [0.2, 0.25) is 11.9 Å². The van der Waals surface area contributed by atoms with Crippen LogP contribution in [0.1, 0.15) is 31.8 Å². The summed E-state index contributed by atoms with van der Waals surface area (Å²) < 4.78 is 0. The van der Waals surface area contributed by atoms with Crippen molar-refractivity contribution in [2.24, 2.45) is 0 Å². The molecule has 0 spiro atoms. The minimum atomic E-state index is 0.00260. The van der Waals surface area contributed by atoms with Gasteiger partial charge in [0.15, 0.2) is 0 Å². The first-order valence-corrected chi connectivity index (χ1v) is 5.60. The summed E-state index contributed by atoms with van der Waals surface area (Å²) >= 11 is 4.31. The Hall–Kier alpha value is -1.04. The van der Waals surface area contributed by atoms with Crippen LogP contribution < -0.4 is 10.6 Å². The minimum absolute atomic E-state index is 0.00260. The molecule has 1 aromatic heterocycles. The van der Waals surface area contributed by atoms with Gasteiger partial charge < -0.3 is 10.6 Å². The molecule has 5 nitrogen and oxygen atoms in total. The van der Waals surface area contributed by atoms with E-state index in [1.54, 1.807) is 0 Å². The number of nitrogens with one attached hydrogen (secondary N) is 2. The molecule has 0 fully saturated rings. The number of hydrogen-bond acceptors (Lipinski definition) is 6. The van der Waals surface area contributed by atoms with Gasteiger partial charge >= 0.3 is 0 Å². The molecular weight excluding hydrogens is 210 g/mol. The van der Waals surface area contributed by atoms with Gasteiger partial charge in [-0.05, 0) is 20.8 Å². The zero-order valence-corrected chi connectivity index (χ0v) is 10.2. The van der Waals surface area contributed by atoms with E-state index in [0.29, 0.717) is 17.7 Å². The van der Waals surface area contributed by atoms with Crippen LogP contribution in [0, 0.1) is 0 Å². The van der Waals surface area contributed by atoms with Crippen molar-refractivity contribution < 1.29 is 0 Å². The average molecular weight is 227 g/mol. The number of aromatic nitrogens is 3. The maximum atomic E-state index is 4.31. The van der Waals surface area contributed by atoms with Crippen molar-refractivity contribution in [3.8, 4) is 0 Å². The molecule has 0 saturated heterocycles. The van der Waals surface area contributed by atoms with E-state index in [4.69, 9.17) is 0 Å². The third kappa shape index (κ3) is 3.54. The summed E-state index contributed by atoms with van der Waals surface area (Å²) in [5.74, 6) is 1.87. The van der Waals surface area contributed by atoms with Crippen molar-refractivity contribution in [2.75, 3.05) is 23.7 Å². The van der Waals surface area contributed by atoms with Crippen molar-refractivity contribution in [3.63, 3.8) is 0 Å². The van der Waals surface area contributed by atoms with Gasteiger partial charge in [0.1, 0.15) is 5.82 Å². The molecule has 1 unspecified atom stereocenters. The van der Waals surface area contributed by atoms with Crippen molar-refractivity contribution >= 4 is 24.5 Å². The molecule has 0 saturated carbocycles. The fraction of sp³-hybridized carbons (Fsp3) is 0.667. The fourth-order valence-electron chi connectivity index (χ4n) is 1.05. The lowest BCUT2D eigenvalue weighted by Crippen LogP contribution is -2.11. The Bertz CT molecular complexity index is 291. The van der Waals surface area contributed by atoms with E-state index in [2.05, 4.69) is 38.2 Å². The van der Waals surface area contributed by atoms with Crippen LogP contribution in [-0.4, -0.2) is 28.0 Å². The van der Waals surface area contributed by atoms with Crippen molar-refractivity contribution in [1.29, 1.82) is 0 Å². The summed E-state index contributed by atoms with van der Waals surface area (Å²) in [4.78, 5) is 12.7. The highest BCUT2D eigenvalue weighted by Gasteiger charge is 2.08. The van der Waals surface area contributed by atoms with Gasteiger partial charge in [-0.2, -0.15) is 27.6 Å². The summed E-state index contributed by atoms with van der Waals surface area (Å²) in [7, 11) is 0. The Morgan fingerprint density at radius 3 is 1.87 bits per heavy atom. The summed E-state index contributed by atoms with van der Waals surface area (Å²) in [5.41, 5.74) is 0. The largest absolute Gasteiger partial charge is 0.354 e. The number of anilines is 2. The van der Waals surface area contributed by atoms with Crippen LogP contribution in [0.15, 0.2) is 0 Å². The van der Waals surface area contributed by atoms with E-state index >= 15 is 0 Å². The molecule has 0 radical (unpaired) electrons. The monoisotopic (exact) mass is 227 g/mol. The van der Waals surface area contributed by atoms with E-state index in [1.807, 2.05) is 20.8 Å². The van der Waals surface area contributed by atoms with E-state index < -0.39 is 0 Å². The average Bonchev–Trinajstić information content (AvgIpc) is 2.18. The third-order valence-corrected chi connectivity index (χ3v) is 1.93. The zero-order valence-electron chi connectivity index (χ0n) is 9.28. The third-order valence-electron chi connectivity index (χ3n) is 1.70. The predicted octanol–water partition coefficient (Wildman–Crippen LogP) is 1.73. The van der Waals surface area contributed by atoms with Gasteiger partial charge in [0.25, 0.3) is 0 Å². The van der Waals surface area contributed by atoms with Crippen LogP contribution in [0.4, 0.5) is 11.9 Å². The van der Waals surface area contributed by atoms with E-state index in [9.17, 15) is 0 Å². The molecule has 0 aliphatic carbocycles. The first-order chi connectivity index (χ1) is 7.17. The second kappa shape index (κ2) is 5.75. The number of nitrogens with zero attached hydrogens (tertiary/aromatic N) is 3. The molecule has 0 aliphatic rings. The zero-order chi connectivity index (χ0) is 11.3. The Kier molecular flexibility index (Phi) is 4.61. The fourth-order valence-corrected chi connectivity index (χ4v) is 1.17. The molecule has 1 aromatic rings. The Balaban J connectivity index is 2.97. The van der Waals surface area contributed by atoms with Crippen LogP contribution in [0.5, 0.6) is 0 Å². The number of thiol groups is 1. The maximum absolute atomic E-state index is 4.31. The highest BCUT2D eigenvalue weighted by molar-refractivity contribution is 7.80. The maximum Gasteiger partial charge on any atom is 0.227 e. The van der Waals surface area contributed by atoms with E-state index in [0.717, 1.165) is 13.1 Å². The Morgan fingerprint density at radius 2 is 1.53 bits per heavy atom. The van der Waals surface area contributed by atoms with Crippen LogP contribution in [0.3, 0.4) is 0 Å². The molecule has 6 heteroatoms. The molecule has 0 bridgehead atoms. The van der Waals surface area contributed by atoms with Gasteiger partial charge in [0, 0.05) is 13.1 Å².